The Morgan fingerprint density at radius 2 is 1.89 bits per heavy atom. The Labute approximate surface area is 115 Å². The first-order valence-corrected chi connectivity index (χ1v) is 6.86. The van der Waals surface area contributed by atoms with Crippen molar-refractivity contribution in [2.45, 2.75) is 27.7 Å². The van der Waals surface area contributed by atoms with Gasteiger partial charge in [0, 0.05) is 16.6 Å². The van der Waals surface area contributed by atoms with Crippen LogP contribution in [0.15, 0.2) is 6.07 Å². The van der Waals surface area contributed by atoms with E-state index in [1.807, 2.05) is 24.3 Å². The van der Waals surface area contributed by atoms with Crippen LogP contribution in [0.5, 0.6) is 0 Å². The van der Waals surface area contributed by atoms with E-state index in [2.05, 4.69) is 29.0 Å². The highest BCUT2D eigenvalue weighted by molar-refractivity contribution is 7.16. The highest BCUT2D eigenvalue weighted by Gasteiger charge is 2.19. The van der Waals surface area contributed by atoms with Crippen LogP contribution < -0.4 is 5.73 Å². The highest BCUT2D eigenvalue weighted by atomic mass is 32.1. The molecule has 0 aliphatic carbocycles. The molecular formula is C13H15N5S. The third kappa shape index (κ3) is 1.71. The van der Waals surface area contributed by atoms with Gasteiger partial charge in [-0.1, -0.05) is 0 Å². The summed E-state index contributed by atoms with van der Waals surface area (Å²) in [7, 11) is 0. The minimum atomic E-state index is 0.777. The van der Waals surface area contributed by atoms with Gasteiger partial charge < -0.3 is 5.73 Å². The molecule has 5 nitrogen and oxygen atoms in total. The molecule has 0 bridgehead atoms. The van der Waals surface area contributed by atoms with E-state index in [0.717, 1.165) is 39.1 Å². The zero-order valence-corrected chi connectivity index (χ0v) is 12.2. The maximum absolute atomic E-state index is 6.12. The largest absolute Gasteiger partial charge is 0.390 e. The third-order valence-electron chi connectivity index (χ3n) is 3.32. The predicted molar refractivity (Wildman–Crippen MR) is 77.5 cm³/mol. The van der Waals surface area contributed by atoms with Gasteiger partial charge in [0.15, 0.2) is 11.5 Å². The monoisotopic (exact) mass is 273 g/mol. The Kier molecular flexibility index (Phi) is 2.56. The third-order valence-corrected chi connectivity index (χ3v) is 4.36. The number of fused-ring (bicyclic) bond motifs is 1. The van der Waals surface area contributed by atoms with Crippen molar-refractivity contribution in [3.05, 3.63) is 28.0 Å². The molecule has 3 rings (SSSR count). The number of aryl methyl sites for hydroxylation is 3. The molecule has 0 aliphatic rings. The van der Waals surface area contributed by atoms with Gasteiger partial charge in [-0.15, -0.1) is 21.5 Å². The molecule has 0 spiro atoms. The molecular weight excluding hydrogens is 258 g/mol. The molecule has 0 fully saturated rings. The summed E-state index contributed by atoms with van der Waals surface area (Å²) in [4.78, 5) is 5.68. The fourth-order valence-electron chi connectivity index (χ4n) is 2.33. The van der Waals surface area contributed by atoms with Gasteiger partial charge in [-0.05, 0) is 33.3 Å². The second kappa shape index (κ2) is 4.03. The molecule has 0 saturated heterocycles. The van der Waals surface area contributed by atoms with Crippen molar-refractivity contribution in [1.29, 1.82) is 0 Å². The number of nitrogen functional groups attached to an aromatic ring is 1. The highest BCUT2D eigenvalue weighted by Crippen LogP contribution is 2.37. The van der Waals surface area contributed by atoms with Crippen molar-refractivity contribution in [3.8, 4) is 11.4 Å². The standard InChI is InChI=1S/C13H15N5S/c1-6-5-10-16-17-13(18(10)9(4)15-6)11-7(2)8(3)19-12(11)14/h5H,14H2,1-4H3. The molecule has 0 aromatic carbocycles. The van der Waals surface area contributed by atoms with E-state index in [0.29, 0.717) is 0 Å². The van der Waals surface area contributed by atoms with Crippen LogP contribution in [0.1, 0.15) is 22.0 Å². The van der Waals surface area contributed by atoms with Crippen molar-refractivity contribution >= 4 is 22.0 Å². The Balaban J connectivity index is 2.38. The summed E-state index contributed by atoms with van der Waals surface area (Å²) < 4.78 is 1.96. The molecule has 0 unspecified atom stereocenters. The van der Waals surface area contributed by atoms with Gasteiger partial charge in [0.05, 0.1) is 10.6 Å². The van der Waals surface area contributed by atoms with Gasteiger partial charge in [0.25, 0.3) is 0 Å². The second-order valence-corrected chi connectivity index (χ2v) is 5.94. The van der Waals surface area contributed by atoms with Crippen molar-refractivity contribution in [2.75, 3.05) is 5.73 Å². The smallest absolute Gasteiger partial charge is 0.173 e. The molecule has 19 heavy (non-hydrogen) atoms. The lowest BCUT2D eigenvalue weighted by molar-refractivity contribution is 0.961. The van der Waals surface area contributed by atoms with Crippen LogP contribution >= 0.6 is 11.3 Å². The lowest BCUT2D eigenvalue weighted by Crippen LogP contribution is -2.00. The van der Waals surface area contributed by atoms with E-state index in [4.69, 9.17) is 5.73 Å². The number of anilines is 1. The van der Waals surface area contributed by atoms with Crippen LogP contribution in [0, 0.1) is 27.7 Å². The Morgan fingerprint density at radius 3 is 2.53 bits per heavy atom. The summed E-state index contributed by atoms with van der Waals surface area (Å²) >= 11 is 1.59. The molecule has 6 heteroatoms. The summed E-state index contributed by atoms with van der Waals surface area (Å²) in [5.41, 5.74) is 10.0. The molecule has 0 amide bonds. The van der Waals surface area contributed by atoms with E-state index >= 15 is 0 Å². The molecule has 0 atom stereocenters. The summed E-state index contributed by atoms with van der Waals surface area (Å²) in [5.74, 6) is 1.65. The minimum Gasteiger partial charge on any atom is -0.390 e. The SMILES string of the molecule is Cc1cc2nnc(-c3c(N)sc(C)c3C)n2c(C)n1. The molecule has 3 aromatic heterocycles. The first-order valence-electron chi connectivity index (χ1n) is 6.04. The minimum absolute atomic E-state index is 0.777. The fraction of sp³-hybridized carbons (Fsp3) is 0.308. The molecule has 3 heterocycles. The van der Waals surface area contributed by atoms with Crippen molar-refractivity contribution in [3.63, 3.8) is 0 Å². The second-order valence-electron chi connectivity index (χ2n) is 4.68. The van der Waals surface area contributed by atoms with Crippen LogP contribution in [0.2, 0.25) is 0 Å². The van der Waals surface area contributed by atoms with Gasteiger partial charge in [-0.2, -0.15) is 0 Å². The van der Waals surface area contributed by atoms with Crippen LogP contribution in [0.25, 0.3) is 17.0 Å². The maximum atomic E-state index is 6.12. The number of nitrogens with two attached hydrogens (primary N) is 1. The van der Waals surface area contributed by atoms with Crippen LogP contribution in [0.4, 0.5) is 5.00 Å². The van der Waals surface area contributed by atoms with Crippen molar-refractivity contribution in [2.24, 2.45) is 0 Å². The van der Waals surface area contributed by atoms with Crippen LogP contribution in [0.3, 0.4) is 0 Å². The quantitative estimate of drug-likeness (QED) is 0.740. The summed E-state index contributed by atoms with van der Waals surface area (Å²) in [6.07, 6.45) is 0. The first-order chi connectivity index (χ1) is 8.99. The number of nitrogens with zero attached hydrogens (tertiary/aromatic N) is 4. The number of aromatic nitrogens is 4. The number of hydrogen-bond acceptors (Lipinski definition) is 5. The molecule has 0 aliphatic heterocycles. The van der Waals surface area contributed by atoms with E-state index < -0.39 is 0 Å². The van der Waals surface area contributed by atoms with Gasteiger partial charge >= 0.3 is 0 Å². The fourth-order valence-corrected chi connectivity index (χ4v) is 3.26. The molecule has 0 radical (unpaired) electrons. The number of hydrogen-bond donors (Lipinski definition) is 1. The summed E-state index contributed by atoms with van der Waals surface area (Å²) in [6.45, 7) is 8.04. The number of thiophene rings is 1. The number of rotatable bonds is 1. The van der Waals surface area contributed by atoms with E-state index in [-0.39, 0.29) is 0 Å². The lowest BCUT2D eigenvalue weighted by Gasteiger charge is -2.05. The first kappa shape index (κ1) is 12.1. The average molecular weight is 273 g/mol. The summed E-state index contributed by atoms with van der Waals surface area (Å²) in [5, 5.41) is 9.31. The zero-order valence-electron chi connectivity index (χ0n) is 11.4. The van der Waals surface area contributed by atoms with Crippen LogP contribution in [-0.2, 0) is 0 Å². The summed E-state index contributed by atoms with van der Waals surface area (Å²) in [6, 6.07) is 1.92. The Morgan fingerprint density at radius 1 is 1.16 bits per heavy atom. The molecule has 2 N–H and O–H groups in total. The van der Waals surface area contributed by atoms with Gasteiger partial charge in [0.1, 0.15) is 5.82 Å². The molecule has 98 valence electrons. The lowest BCUT2D eigenvalue weighted by atomic mass is 10.1. The Hall–Kier alpha value is -1.95. The Bertz CT molecular complexity index is 784. The van der Waals surface area contributed by atoms with Gasteiger partial charge in [0.2, 0.25) is 0 Å². The van der Waals surface area contributed by atoms with Crippen molar-refractivity contribution < 1.29 is 0 Å². The normalized spacial score (nSPS) is 11.4. The van der Waals surface area contributed by atoms with E-state index in [1.54, 1.807) is 11.3 Å². The molecule has 3 aromatic rings. The van der Waals surface area contributed by atoms with Crippen LogP contribution in [-0.4, -0.2) is 19.6 Å². The van der Waals surface area contributed by atoms with Crippen molar-refractivity contribution in [1.82, 2.24) is 19.6 Å². The van der Waals surface area contributed by atoms with Gasteiger partial charge in [-0.25, -0.2) is 4.98 Å². The van der Waals surface area contributed by atoms with Gasteiger partial charge in [-0.3, -0.25) is 4.40 Å². The predicted octanol–water partition coefficient (Wildman–Crippen LogP) is 2.67. The maximum Gasteiger partial charge on any atom is 0.173 e. The zero-order chi connectivity index (χ0) is 13.7. The van der Waals surface area contributed by atoms with E-state index in [1.165, 1.54) is 4.88 Å². The topological polar surface area (TPSA) is 69.1 Å². The molecule has 0 saturated carbocycles. The van der Waals surface area contributed by atoms with E-state index in [9.17, 15) is 0 Å². The average Bonchev–Trinajstić information content (AvgIpc) is 2.82.